The highest BCUT2D eigenvalue weighted by Gasteiger charge is 2.30. The lowest BCUT2D eigenvalue weighted by Crippen LogP contribution is -2.43. The normalized spacial score (nSPS) is 12.2. The molecule has 3 amide bonds. The number of nitrogens with one attached hydrogen (secondary N) is 2. The van der Waals surface area contributed by atoms with Crippen molar-refractivity contribution in [3.05, 3.63) is 59.7 Å². The average molecular weight is 536 g/mol. The highest BCUT2D eigenvalue weighted by atomic mass is 19.4. The van der Waals surface area contributed by atoms with E-state index in [2.05, 4.69) is 5.32 Å². The van der Waals surface area contributed by atoms with E-state index in [9.17, 15) is 27.6 Å². The smallest absolute Gasteiger partial charge is 0.347 e. The van der Waals surface area contributed by atoms with Crippen LogP contribution in [0.25, 0.3) is 11.1 Å². The van der Waals surface area contributed by atoms with Crippen molar-refractivity contribution in [2.24, 2.45) is 11.8 Å². The van der Waals surface area contributed by atoms with E-state index in [0.29, 0.717) is 18.5 Å². The van der Waals surface area contributed by atoms with Crippen molar-refractivity contribution in [1.82, 2.24) is 15.7 Å². The summed E-state index contributed by atoms with van der Waals surface area (Å²) in [5.74, 6) is -1.95. The van der Waals surface area contributed by atoms with Gasteiger partial charge < -0.3 is 10.2 Å². The molecular formula is C28H36F3N3O4. The molecule has 1 atom stereocenters. The van der Waals surface area contributed by atoms with Crippen molar-refractivity contribution in [2.45, 2.75) is 59.2 Å². The summed E-state index contributed by atoms with van der Waals surface area (Å²) in [5.41, 5.74) is 2.98. The van der Waals surface area contributed by atoms with E-state index in [1.165, 1.54) is 17.6 Å². The fraction of sp³-hybridized carbons (Fsp3) is 0.464. The van der Waals surface area contributed by atoms with Crippen LogP contribution in [0.5, 0.6) is 0 Å². The first-order valence-electron chi connectivity index (χ1n) is 12.7. The van der Waals surface area contributed by atoms with Gasteiger partial charge in [-0.3, -0.25) is 19.6 Å². The molecule has 38 heavy (non-hydrogen) atoms. The van der Waals surface area contributed by atoms with Gasteiger partial charge in [-0.25, -0.2) is 5.48 Å². The van der Waals surface area contributed by atoms with Crippen molar-refractivity contribution in [3.8, 4) is 11.1 Å². The summed E-state index contributed by atoms with van der Waals surface area (Å²) < 4.78 is 38.7. The Kier molecular flexibility index (Phi) is 11.8. The molecule has 0 saturated carbocycles. The molecule has 0 aliphatic carbocycles. The third kappa shape index (κ3) is 9.81. The molecule has 2 aromatic rings. The Morgan fingerprint density at radius 2 is 1.71 bits per heavy atom. The molecule has 208 valence electrons. The zero-order valence-corrected chi connectivity index (χ0v) is 22.0. The van der Waals surface area contributed by atoms with Gasteiger partial charge in [0.2, 0.25) is 17.7 Å². The lowest BCUT2D eigenvalue weighted by molar-refractivity contribution is -0.137. The van der Waals surface area contributed by atoms with Gasteiger partial charge >= 0.3 is 6.18 Å². The minimum atomic E-state index is -4.41. The van der Waals surface area contributed by atoms with Crippen LogP contribution in [0, 0.1) is 11.8 Å². The minimum Gasteiger partial charge on any atom is -0.347 e. The number of alkyl halides is 3. The van der Waals surface area contributed by atoms with Crippen LogP contribution in [0.4, 0.5) is 13.2 Å². The Hall–Kier alpha value is -3.40. The molecule has 0 radical (unpaired) electrons. The Bertz CT molecular complexity index is 1070. The van der Waals surface area contributed by atoms with Gasteiger partial charge in [-0.15, -0.1) is 0 Å². The largest absolute Gasteiger partial charge is 0.416 e. The quantitative estimate of drug-likeness (QED) is 0.243. The van der Waals surface area contributed by atoms with Gasteiger partial charge in [0.05, 0.1) is 12.1 Å². The van der Waals surface area contributed by atoms with E-state index < -0.39 is 29.5 Å². The molecule has 7 nitrogen and oxygen atoms in total. The first kappa shape index (κ1) is 30.8. The number of halogens is 3. The molecule has 2 rings (SSSR count). The molecule has 0 bridgehead atoms. The Balaban J connectivity index is 2.11. The van der Waals surface area contributed by atoms with Gasteiger partial charge in [0.1, 0.15) is 0 Å². The fourth-order valence-electron chi connectivity index (χ4n) is 4.10. The van der Waals surface area contributed by atoms with Gasteiger partial charge in [-0.2, -0.15) is 13.2 Å². The molecule has 0 spiro atoms. The lowest BCUT2D eigenvalue weighted by Gasteiger charge is -2.24. The molecule has 0 unspecified atom stereocenters. The predicted molar refractivity (Wildman–Crippen MR) is 138 cm³/mol. The summed E-state index contributed by atoms with van der Waals surface area (Å²) in [6.07, 6.45) is -2.57. The molecule has 0 heterocycles. The summed E-state index contributed by atoms with van der Waals surface area (Å²) in [5, 5.41) is 11.4. The Morgan fingerprint density at radius 3 is 2.29 bits per heavy atom. The van der Waals surface area contributed by atoms with Crippen LogP contribution < -0.4 is 10.8 Å². The van der Waals surface area contributed by atoms with Crippen LogP contribution in [0.1, 0.15) is 57.6 Å². The predicted octanol–water partition coefficient (Wildman–Crippen LogP) is 5.18. The molecule has 0 saturated heterocycles. The number of nitrogens with zero attached hydrogens (tertiary/aromatic N) is 1. The van der Waals surface area contributed by atoms with Gasteiger partial charge in [-0.1, -0.05) is 57.5 Å². The first-order chi connectivity index (χ1) is 17.9. The average Bonchev–Trinajstić information content (AvgIpc) is 2.88. The second-order valence-corrected chi connectivity index (χ2v) is 9.73. The number of carbonyl (C=O) groups excluding carboxylic acids is 3. The monoisotopic (exact) mass is 535 g/mol. The fourth-order valence-corrected chi connectivity index (χ4v) is 4.10. The molecule has 2 aromatic carbocycles. The number of hydroxylamine groups is 1. The van der Waals surface area contributed by atoms with Gasteiger partial charge in [0.15, 0.2) is 0 Å². The SMILES string of the molecule is CCCCN(Cc1cccc(-c2ccc(C(F)(F)F)cc2)c1)C(=O)CNC(=O)[C@@H](CC(=O)NO)CC(C)C. The molecule has 0 fully saturated rings. The molecule has 0 aromatic heterocycles. The van der Waals surface area contributed by atoms with Crippen LogP contribution in [-0.4, -0.2) is 40.9 Å². The second-order valence-electron chi connectivity index (χ2n) is 9.73. The summed E-state index contributed by atoms with van der Waals surface area (Å²) in [6, 6.07) is 12.2. The van der Waals surface area contributed by atoms with Crippen molar-refractivity contribution < 1.29 is 32.8 Å². The van der Waals surface area contributed by atoms with Crippen LogP contribution in [0.15, 0.2) is 48.5 Å². The van der Waals surface area contributed by atoms with E-state index in [1.54, 1.807) is 17.0 Å². The number of rotatable bonds is 13. The van der Waals surface area contributed by atoms with E-state index in [4.69, 9.17) is 5.21 Å². The summed E-state index contributed by atoms with van der Waals surface area (Å²) in [6.45, 7) is 6.32. The first-order valence-corrected chi connectivity index (χ1v) is 12.7. The third-order valence-electron chi connectivity index (χ3n) is 6.08. The van der Waals surface area contributed by atoms with Crippen molar-refractivity contribution in [1.29, 1.82) is 0 Å². The van der Waals surface area contributed by atoms with Gasteiger partial charge in [0.25, 0.3) is 0 Å². The number of unbranched alkanes of at least 4 members (excludes halogenated alkanes) is 1. The second kappa shape index (κ2) is 14.5. The summed E-state index contributed by atoms with van der Waals surface area (Å²) >= 11 is 0. The lowest BCUT2D eigenvalue weighted by atomic mass is 9.93. The third-order valence-corrected chi connectivity index (χ3v) is 6.08. The summed E-state index contributed by atoms with van der Waals surface area (Å²) in [4.78, 5) is 39.0. The van der Waals surface area contributed by atoms with Crippen LogP contribution in [-0.2, 0) is 27.1 Å². The Labute approximate surface area is 221 Å². The number of hydrogen-bond acceptors (Lipinski definition) is 4. The molecule has 10 heteroatoms. The van der Waals surface area contributed by atoms with Gasteiger partial charge in [0, 0.05) is 25.4 Å². The van der Waals surface area contributed by atoms with E-state index in [-0.39, 0.29) is 31.3 Å². The highest BCUT2D eigenvalue weighted by Crippen LogP contribution is 2.31. The standard InChI is InChI=1S/C28H36F3N3O4/c1-4-5-13-34(26(36)17-32-27(37)23(14-19(2)3)16-25(35)33-38)18-20-7-6-8-22(15-20)21-9-11-24(12-10-21)28(29,30)31/h6-12,15,19,23,38H,4-5,13-14,16-18H2,1-3H3,(H,32,37)(H,33,35)/t23-/m1/s1. The van der Waals surface area contributed by atoms with Crippen LogP contribution >= 0.6 is 0 Å². The maximum absolute atomic E-state index is 13.1. The van der Waals surface area contributed by atoms with E-state index in [0.717, 1.165) is 36.1 Å². The number of benzene rings is 2. The molecule has 3 N–H and O–H groups in total. The highest BCUT2D eigenvalue weighted by molar-refractivity contribution is 5.88. The topological polar surface area (TPSA) is 98.7 Å². The van der Waals surface area contributed by atoms with Gasteiger partial charge in [-0.05, 0) is 53.6 Å². The number of amides is 3. The molecular weight excluding hydrogens is 499 g/mol. The minimum absolute atomic E-state index is 0.130. The van der Waals surface area contributed by atoms with E-state index >= 15 is 0 Å². The Morgan fingerprint density at radius 1 is 1.03 bits per heavy atom. The van der Waals surface area contributed by atoms with Crippen LogP contribution in [0.2, 0.25) is 0 Å². The maximum atomic E-state index is 13.1. The molecule has 0 aliphatic rings. The van der Waals surface area contributed by atoms with Crippen molar-refractivity contribution >= 4 is 17.7 Å². The van der Waals surface area contributed by atoms with E-state index in [1.807, 2.05) is 32.9 Å². The molecule has 0 aliphatic heterocycles. The van der Waals surface area contributed by atoms with Crippen molar-refractivity contribution in [3.63, 3.8) is 0 Å². The maximum Gasteiger partial charge on any atom is 0.416 e. The number of carbonyl (C=O) groups is 3. The summed E-state index contributed by atoms with van der Waals surface area (Å²) in [7, 11) is 0. The zero-order chi connectivity index (χ0) is 28.3. The van der Waals surface area contributed by atoms with Crippen LogP contribution in [0.3, 0.4) is 0 Å². The zero-order valence-electron chi connectivity index (χ0n) is 22.0. The van der Waals surface area contributed by atoms with Crippen molar-refractivity contribution in [2.75, 3.05) is 13.1 Å². The number of hydrogen-bond donors (Lipinski definition) is 3.